The molecule has 26 heavy (non-hydrogen) atoms. The van der Waals surface area contributed by atoms with Gasteiger partial charge in [-0.3, -0.25) is 4.79 Å². The van der Waals surface area contributed by atoms with Crippen LogP contribution in [0, 0.1) is 0 Å². The average Bonchev–Trinajstić information content (AvgIpc) is 3.10. The van der Waals surface area contributed by atoms with Crippen LogP contribution in [-0.4, -0.2) is 45.9 Å². The normalized spacial score (nSPS) is 10.7. The average molecular weight is 375 g/mol. The number of hydrogen-bond donors (Lipinski definition) is 1. The van der Waals surface area contributed by atoms with Crippen LogP contribution < -0.4 is 5.32 Å². The minimum absolute atomic E-state index is 0.00421. The number of hydrogen-bond acceptors (Lipinski definition) is 4. The number of rotatable bonds is 7. The summed E-state index contributed by atoms with van der Waals surface area (Å²) in [6.07, 6.45) is 0. The first-order valence-corrected chi connectivity index (χ1v) is 9.70. The van der Waals surface area contributed by atoms with Crippen LogP contribution >= 0.6 is 11.3 Å². The lowest BCUT2D eigenvalue weighted by molar-refractivity contribution is 0.0767. The highest BCUT2D eigenvalue weighted by Gasteiger charge is 2.21. The van der Waals surface area contributed by atoms with E-state index in [9.17, 15) is 9.59 Å². The molecular formula is C19H26N4O2S. The number of thiazole rings is 1. The van der Waals surface area contributed by atoms with Gasteiger partial charge in [-0.2, -0.15) is 0 Å². The molecule has 0 aliphatic rings. The van der Waals surface area contributed by atoms with Gasteiger partial charge in [0, 0.05) is 30.2 Å². The summed E-state index contributed by atoms with van der Waals surface area (Å²) in [7, 11) is 0. The van der Waals surface area contributed by atoms with Gasteiger partial charge in [0.25, 0.3) is 5.91 Å². The van der Waals surface area contributed by atoms with Gasteiger partial charge in [0.1, 0.15) is 10.7 Å². The van der Waals surface area contributed by atoms with E-state index in [1.165, 1.54) is 11.3 Å². The minimum atomic E-state index is -0.182. The summed E-state index contributed by atoms with van der Waals surface area (Å²) in [5, 5.41) is 5.41. The van der Waals surface area contributed by atoms with E-state index in [1.807, 2.05) is 58.0 Å². The molecule has 6 nitrogen and oxygen atoms in total. The maximum absolute atomic E-state index is 12.6. The van der Waals surface area contributed by atoms with Gasteiger partial charge in [-0.05, 0) is 39.8 Å². The summed E-state index contributed by atoms with van der Waals surface area (Å²) in [5.41, 5.74) is 1.19. The summed E-state index contributed by atoms with van der Waals surface area (Å²) < 4.78 is 0. The van der Waals surface area contributed by atoms with E-state index in [0.29, 0.717) is 25.3 Å². The summed E-state index contributed by atoms with van der Waals surface area (Å²) >= 11 is 1.41. The Morgan fingerprint density at radius 3 is 2.38 bits per heavy atom. The van der Waals surface area contributed by atoms with Crippen molar-refractivity contribution in [3.05, 3.63) is 46.4 Å². The van der Waals surface area contributed by atoms with Crippen molar-refractivity contribution in [2.24, 2.45) is 0 Å². The van der Waals surface area contributed by atoms with Crippen molar-refractivity contribution < 1.29 is 9.59 Å². The molecular weight excluding hydrogens is 348 g/mol. The molecule has 0 fully saturated rings. The molecule has 3 amide bonds. The summed E-state index contributed by atoms with van der Waals surface area (Å²) in [5.74, 6) is -0.0673. The van der Waals surface area contributed by atoms with Crippen LogP contribution in [0.2, 0.25) is 0 Å². The first kappa shape index (κ1) is 19.9. The van der Waals surface area contributed by atoms with E-state index in [-0.39, 0.29) is 18.0 Å². The maximum Gasteiger partial charge on any atom is 0.322 e. The first-order chi connectivity index (χ1) is 12.5. The van der Waals surface area contributed by atoms with Crippen molar-refractivity contribution in [2.75, 3.05) is 18.4 Å². The SMILES string of the molecule is CCN(CC)C(=O)c1csc(CN(C(=O)Nc2ccccc2)C(C)C)n1. The van der Waals surface area contributed by atoms with Crippen LogP contribution in [0.25, 0.3) is 0 Å². The van der Waals surface area contributed by atoms with Gasteiger partial charge >= 0.3 is 6.03 Å². The van der Waals surface area contributed by atoms with Crippen molar-refractivity contribution >= 4 is 29.0 Å². The Labute approximate surface area is 158 Å². The molecule has 1 aromatic heterocycles. The Morgan fingerprint density at radius 2 is 1.81 bits per heavy atom. The number of amides is 3. The second-order valence-electron chi connectivity index (χ2n) is 6.12. The summed E-state index contributed by atoms with van der Waals surface area (Å²) in [4.78, 5) is 32.9. The number of para-hydroxylation sites is 1. The molecule has 0 spiro atoms. The third kappa shape index (κ3) is 5.05. The highest BCUT2D eigenvalue weighted by Crippen LogP contribution is 2.17. The van der Waals surface area contributed by atoms with Crippen molar-refractivity contribution in [3.63, 3.8) is 0 Å². The molecule has 0 radical (unpaired) electrons. The zero-order valence-electron chi connectivity index (χ0n) is 15.7. The standard InChI is InChI=1S/C19H26N4O2S/c1-5-22(6-2)18(24)16-13-26-17(21-16)12-23(14(3)4)19(25)20-15-10-8-7-9-11-15/h7-11,13-14H,5-6,12H2,1-4H3,(H,20,25). The molecule has 1 N–H and O–H groups in total. The van der Waals surface area contributed by atoms with Crippen LogP contribution in [0.1, 0.15) is 43.2 Å². The number of benzene rings is 1. The fourth-order valence-corrected chi connectivity index (χ4v) is 3.27. The Bertz CT molecular complexity index is 726. The molecule has 0 saturated carbocycles. The number of carbonyl (C=O) groups excluding carboxylic acids is 2. The van der Waals surface area contributed by atoms with Crippen molar-refractivity contribution in [1.82, 2.24) is 14.8 Å². The Morgan fingerprint density at radius 1 is 1.15 bits per heavy atom. The molecule has 140 valence electrons. The van der Waals surface area contributed by atoms with Crippen molar-refractivity contribution in [1.29, 1.82) is 0 Å². The smallest absolute Gasteiger partial charge is 0.322 e. The van der Waals surface area contributed by atoms with E-state index < -0.39 is 0 Å². The largest absolute Gasteiger partial charge is 0.338 e. The quantitative estimate of drug-likeness (QED) is 0.794. The van der Waals surface area contributed by atoms with Gasteiger partial charge in [0.05, 0.1) is 6.54 Å². The number of nitrogens with zero attached hydrogens (tertiary/aromatic N) is 3. The highest BCUT2D eigenvalue weighted by atomic mass is 32.1. The number of carbonyl (C=O) groups is 2. The summed E-state index contributed by atoms with van der Waals surface area (Å²) in [6, 6.07) is 9.17. The molecule has 1 aromatic carbocycles. The molecule has 7 heteroatoms. The lowest BCUT2D eigenvalue weighted by Gasteiger charge is -2.26. The molecule has 0 atom stereocenters. The lowest BCUT2D eigenvalue weighted by atomic mass is 10.3. The topological polar surface area (TPSA) is 65.5 Å². The summed E-state index contributed by atoms with van der Waals surface area (Å²) in [6.45, 7) is 9.48. The van der Waals surface area contributed by atoms with Gasteiger partial charge in [-0.1, -0.05) is 18.2 Å². The van der Waals surface area contributed by atoms with Gasteiger partial charge in [-0.25, -0.2) is 9.78 Å². The molecule has 2 aromatic rings. The number of nitrogens with one attached hydrogen (secondary N) is 1. The Balaban J connectivity index is 2.08. The minimum Gasteiger partial charge on any atom is -0.338 e. The molecule has 0 unspecified atom stereocenters. The van der Waals surface area contributed by atoms with E-state index in [1.54, 1.807) is 15.2 Å². The van der Waals surface area contributed by atoms with Crippen LogP contribution in [0.3, 0.4) is 0 Å². The predicted molar refractivity (Wildman–Crippen MR) is 106 cm³/mol. The second kappa shape index (κ2) is 9.33. The zero-order chi connectivity index (χ0) is 19.1. The molecule has 0 aliphatic carbocycles. The maximum atomic E-state index is 12.6. The van der Waals surface area contributed by atoms with Crippen LogP contribution in [0.4, 0.5) is 10.5 Å². The van der Waals surface area contributed by atoms with Gasteiger partial charge in [-0.15, -0.1) is 11.3 Å². The molecule has 0 aliphatic heterocycles. The third-order valence-corrected chi connectivity index (χ3v) is 4.87. The predicted octanol–water partition coefficient (Wildman–Crippen LogP) is 4.07. The Hall–Kier alpha value is -2.41. The van der Waals surface area contributed by atoms with Gasteiger partial charge in [0.2, 0.25) is 0 Å². The van der Waals surface area contributed by atoms with E-state index in [2.05, 4.69) is 10.3 Å². The van der Waals surface area contributed by atoms with E-state index in [4.69, 9.17) is 0 Å². The second-order valence-corrected chi connectivity index (χ2v) is 7.06. The van der Waals surface area contributed by atoms with E-state index >= 15 is 0 Å². The molecule has 0 bridgehead atoms. The number of aromatic nitrogens is 1. The fraction of sp³-hybridized carbons (Fsp3) is 0.421. The van der Waals surface area contributed by atoms with Crippen molar-refractivity contribution in [2.45, 2.75) is 40.3 Å². The lowest BCUT2D eigenvalue weighted by Crippen LogP contribution is -2.39. The zero-order valence-corrected chi connectivity index (χ0v) is 16.5. The highest BCUT2D eigenvalue weighted by molar-refractivity contribution is 7.09. The van der Waals surface area contributed by atoms with Gasteiger partial charge in [0.15, 0.2) is 0 Å². The van der Waals surface area contributed by atoms with Crippen LogP contribution in [0.15, 0.2) is 35.7 Å². The van der Waals surface area contributed by atoms with Gasteiger partial charge < -0.3 is 15.1 Å². The monoisotopic (exact) mass is 374 g/mol. The number of urea groups is 1. The third-order valence-electron chi connectivity index (χ3n) is 4.04. The van der Waals surface area contributed by atoms with E-state index in [0.717, 1.165) is 10.7 Å². The number of anilines is 1. The molecule has 2 rings (SSSR count). The van der Waals surface area contributed by atoms with Crippen molar-refractivity contribution in [3.8, 4) is 0 Å². The van der Waals surface area contributed by atoms with Crippen LogP contribution in [0.5, 0.6) is 0 Å². The Kier molecular flexibility index (Phi) is 7.15. The molecule has 1 heterocycles. The fourth-order valence-electron chi connectivity index (χ4n) is 2.51. The molecule has 0 saturated heterocycles. The first-order valence-electron chi connectivity index (χ1n) is 8.82. The van der Waals surface area contributed by atoms with Crippen LogP contribution in [-0.2, 0) is 6.54 Å².